The summed E-state index contributed by atoms with van der Waals surface area (Å²) in [4.78, 5) is 18.3. The molecule has 4 nitrogen and oxygen atoms in total. The molecular formula is C9H8N2O2S. The monoisotopic (exact) mass is 208 g/mol. The number of nitrogens with one attached hydrogen (secondary N) is 1. The first-order valence-electron chi connectivity index (χ1n) is 4.05. The first kappa shape index (κ1) is 9.08. The van der Waals surface area contributed by atoms with E-state index >= 15 is 0 Å². The topological polar surface area (TPSA) is 66.0 Å². The number of rotatable bonds is 2. The van der Waals surface area contributed by atoms with Crippen molar-refractivity contribution in [1.29, 1.82) is 0 Å². The van der Waals surface area contributed by atoms with Crippen LogP contribution in [0.25, 0.3) is 11.0 Å². The summed E-state index contributed by atoms with van der Waals surface area (Å²) in [5, 5.41) is 8.58. The van der Waals surface area contributed by atoms with E-state index < -0.39 is 5.97 Å². The molecule has 0 bridgehead atoms. The summed E-state index contributed by atoms with van der Waals surface area (Å²) in [5.41, 5.74) is 1.53. The van der Waals surface area contributed by atoms with Crippen LogP contribution in [0.5, 0.6) is 0 Å². The van der Waals surface area contributed by atoms with Crippen molar-refractivity contribution in [1.82, 2.24) is 9.97 Å². The first-order chi connectivity index (χ1) is 6.66. The molecule has 0 saturated carbocycles. The number of nitrogens with zero attached hydrogens (tertiary/aromatic N) is 1. The second-order valence-electron chi connectivity index (χ2n) is 2.93. The molecule has 1 heterocycles. The maximum absolute atomic E-state index is 10.5. The van der Waals surface area contributed by atoms with E-state index in [0.29, 0.717) is 11.3 Å². The Kier molecular flexibility index (Phi) is 2.17. The highest BCUT2D eigenvalue weighted by Gasteiger charge is 2.07. The number of hydrogen-bond acceptors (Lipinski definition) is 3. The van der Waals surface area contributed by atoms with Crippen LogP contribution >= 0.6 is 12.6 Å². The number of benzene rings is 1. The molecule has 0 spiro atoms. The summed E-state index contributed by atoms with van der Waals surface area (Å²) < 4.78 is 0. The van der Waals surface area contributed by atoms with Crippen molar-refractivity contribution in [2.24, 2.45) is 0 Å². The van der Waals surface area contributed by atoms with Crippen molar-refractivity contribution in [3.8, 4) is 0 Å². The van der Waals surface area contributed by atoms with Crippen molar-refractivity contribution in [2.45, 2.75) is 11.3 Å². The van der Waals surface area contributed by atoms with Crippen molar-refractivity contribution >= 4 is 29.6 Å². The van der Waals surface area contributed by atoms with Crippen molar-refractivity contribution in [3.63, 3.8) is 0 Å². The van der Waals surface area contributed by atoms with Crippen LogP contribution in [-0.4, -0.2) is 21.0 Å². The third-order valence-corrected chi connectivity index (χ3v) is 2.22. The van der Waals surface area contributed by atoms with Gasteiger partial charge in [0.1, 0.15) is 17.8 Å². The van der Waals surface area contributed by atoms with E-state index in [4.69, 9.17) is 5.11 Å². The van der Waals surface area contributed by atoms with Crippen LogP contribution in [0.15, 0.2) is 23.1 Å². The van der Waals surface area contributed by atoms with Crippen LogP contribution in [0, 0.1) is 0 Å². The molecule has 0 unspecified atom stereocenters. The number of hydrogen-bond donors (Lipinski definition) is 3. The molecule has 5 heteroatoms. The van der Waals surface area contributed by atoms with Gasteiger partial charge in [0.05, 0.1) is 5.52 Å². The zero-order chi connectivity index (χ0) is 10.1. The number of thiol groups is 1. The molecule has 72 valence electrons. The molecule has 0 atom stereocenters. The molecule has 0 radical (unpaired) electrons. The van der Waals surface area contributed by atoms with E-state index in [-0.39, 0.29) is 6.42 Å². The minimum absolute atomic E-state index is 0.0953. The number of carboxylic acid groups (broad SMARTS) is 1. The molecule has 1 aromatic carbocycles. The van der Waals surface area contributed by atoms with Gasteiger partial charge in [-0.1, -0.05) is 6.07 Å². The SMILES string of the molecule is O=C(O)Cc1nc2c(S)cccc2[nH]1. The number of aliphatic carboxylic acids is 1. The molecule has 14 heavy (non-hydrogen) atoms. The van der Waals surface area contributed by atoms with Gasteiger partial charge in [-0.15, -0.1) is 12.6 Å². The Balaban J connectivity index is 2.51. The Labute approximate surface area is 85.4 Å². The van der Waals surface area contributed by atoms with Crippen molar-refractivity contribution < 1.29 is 9.90 Å². The average Bonchev–Trinajstić information content (AvgIpc) is 2.47. The Morgan fingerprint density at radius 3 is 3.00 bits per heavy atom. The standard InChI is InChI=1S/C9H8N2O2S/c12-8(13)4-7-10-5-2-1-3-6(14)9(5)11-7/h1-3,14H,4H2,(H,10,11)(H,12,13). The van der Waals surface area contributed by atoms with Crippen LogP contribution in [-0.2, 0) is 11.2 Å². The second-order valence-corrected chi connectivity index (χ2v) is 3.41. The van der Waals surface area contributed by atoms with Crippen molar-refractivity contribution in [2.75, 3.05) is 0 Å². The van der Waals surface area contributed by atoms with Crippen LogP contribution in [0.4, 0.5) is 0 Å². The molecule has 2 aromatic rings. The lowest BCUT2D eigenvalue weighted by Gasteiger charge is -1.89. The minimum atomic E-state index is -0.898. The molecule has 0 aliphatic heterocycles. The van der Waals surface area contributed by atoms with Gasteiger partial charge < -0.3 is 10.1 Å². The third kappa shape index (κ3) is 1.58. The van der Waals surface area contributed by atoms with Gasteiger partial charge in [0.15, 0.2) is 0 Å². The van der Waals surface area contributed by atoms with Gasteiger partial charge in [-0.3, -0.25) is 4.79 Å². The summed E-state index contributed by atoms with van der Waals surface area (Å²) in [6.07, 6.45) is -0.0953. The molecule has 1 aromatic heterocycles. The normalized spacial score (nSPS) is 10.6. The van der Waals surface area contributed by atoms with Gasteiger partial charge in [-0.25, -0.2) is 4.98 Å². The van der Waals surface area contributed by atoms with Gasteiger partial charge in [0.25, 0.3) is 0 Å². The highest BCUT2D eigenvalue weighted by molar-refractivity contribution is 7.80. The van der Waals surface area contributed by atoms with Crippen LogP contribution < -0.4 is 0 Å². The fourth-order valence-corrected chi connectivity index (χ4v) is 1.55. The molecule has 0 fully saturated rings. The maximum Gasteiger partial charge on any atom is 0.311 e. The first-order valence-corrected chi connectivity index (χ1v) is 4.50. The Bertz CT molecular complexity index is 493. The summed E-state index contributed by atoms with van der Waals surface area (Å²) in [6.45, 7) is 0. The number of fused-ring (bicyclic) bond motifs is 1. The quantitative estimate of drug-likeness (QED) is 0.655. The number of para-hydroxylation sites is 1. The van der Waals surface area contributed by atoms with E-state index in [2.05, 4.69) is 22.6 Å². The molecule has 0 saturated heterocycles. The summed E-state index contributed by atoms with van der Waals surface area (Å²) >= 11 is 4.22. The van der Waals surface area contributed by atoms with E-state index in [1.165, 1.54) is 0 Å². The van der Waals surface area contributed by atoms with E-state index in [1.807, 2.05) is 18.2 Å². The van der Waals surface area contributed by atoms with Gasteiger partial charge in [-0.05, 0) is 12.1 Å². The molecular weight excluding hydrogens is 200 g/mol. The number of carboxylic acids is 1. The lowest BCUT2D eigenvalue weighted by molar-refractivity contribution is -0.136. The van der Waals surface area contributed by atoms with E-state index in [9.17, 15) is 4.79 Å². The van der Waals surface area contributed by atoms with Gasteiger partial charge in [0, 0.05) is 4.90 Å². The third-order valence-electron chi connectivity index (χ3n) is 1.86. The van der Waals surface area contributed by atoms with Crippen LogP contribution in [0.3, 0.4) is 0 Å². The number of H-pyrrole nitrogens is 1. The van der Waals surface area contributed by atoms with Crippen LogP contribution in [0.1, 0.15) is 5.82 Å². The van der Waals surface area contributed by atoms with Crippen LogP contribution in [0.2, 0.25) is 0 Å². The molecule has 2 N–H and O–H groups in total. The van der Waals surface area contributed by atoms with E-state index in [0.717, 1.165) is 10.4 Å². The maximum atomic E-state index is 10.5. The van der Waals surface area contributed by atoms with Gasteiger partial charge in [-0.2, -0.15) is 0 Å². The minimum Gasteiger partial charge on any atom is -0.481 e. The smallest absolute Gasteiger partial charge is 0.311 e. The van der Waals surface area contributed by atoms with Gasteiger partial charge >= 0.3 is 5.97 Å². The number of carbonyl (C=O) groups is 1. The Hall–Kier alpha value is -1.49. The van der Waals surface area contributed by atoms with E-state index in [1.54, 1.807) is 0 Å². The summed E-state index contributed by atoms with van der Waals surface area (Å²) in [5.74, 6) is -0.446. The fraction of sp³-hybridized carbons (Fsp3) is 0.111. The highest BCUT2D eigenvalue weighted by atomic mass is 32.1. The van der Waals surface area contributed by atoms with Gasteiger partial charge in [0.2, 0.25) is 0 Å². The zero-order valence-electron chi connectivity index (χ0n) is 7.19. The predicted molar refractivity (Wildman–Crippen MR) is 54.7 cm³/mol. The van der Waals surface area contributed by atoms with Crippen molar-refractivity contribution in [3.05, 3.63) is 24.0 Å². The number of aromatic amines is 1. The number of aromatic nitrogens is 2. The lowest BCUT2D eigenvalue weighted by atomic mass is 10.3. The molecule has 0 aliphatic carbocycles. The summed E-state index contributed by atoms with van der Waals surface area (Å²) in [7, 11) is 0. The molecule has 0 amide bonds. The average molecular weight is 208 g/mol. The lowest BCUT2D eigenvalue weighted by Crippen LogP contribution is -2.01. The molecule has 0 aliphatic rings. The highest BCUT2D eigenvalue weighted by Crippen LogP contribution is 2.19. The summed E-state index contributed by atoms with van der Waals surface area (Å²) in [6, 6.07) is 5.50. The Morgan fingerprint density at radius 1 is 1.57 bits per heavy atom. The largest absolute Gasteiger partial charge is 0.481 e. The Morgan fingerprint density at radius 2 is 2.36 bits per heavy atom. The zero-order valence-corrected chi connectivity index (χ0v) is 8.08. The predicted octanol–water partition coefficient (Wildman–Crippen LogP) is 1.48. The molecule has 2 rings (SSSR count). The second kappa shape index (κ2) is 3.34. The number of imidazole rings is 1. The fourth-order valence-electron chi connectivity index (χ4n) is 1.30.